The van der Waals surface area contributed by atoms with Gasteiger partial charge in [-0.25, -0.2) is 0 Å². The van der Waals surface area contributed by atoms with E-state index < -0.39 is 0 Å². The molecular weight excluding hydrogens is 314 g/mol. The highest BCUT2D eigenvalue weighted by Gasteiger charge is 2.12. The molecule has 3 aromatic rings. The SMILES string of the molecule is CN1CCCN(CCn2ccc3ccc(-c4ccsc4)cc32)CC1. The van der Waals surface area contributed by atoms with Gasteiger partial charge in [0, 0.05) is 37.9 Å². The highest BCUT2D eigenvalue weighted by molar-refractivity contribution is 7.08. The summed E-state index contributed by atoms with van der Waals surface area (Å²) in [6.07, 6.45) is 3.53. The fourth-order valence-corrected chi connectivity index (χ4v) is 4.22. The number of rotatable bonds is 4. The fraction of sp³-hybridized carbons (Fsp3) is 0.400. The molecule has 1 fully saturated rings. The number of thiophene rings is 1. The molecule has 1 aliphatic heterocycles. The third-order valence-corrected chi connectivity index (χ3v) is 5.78. The van der Waals surface area contributed by atoms with Crippen molar-refractivity contribution in [1.29, 1.82) is 0 Å². The number of nitrogens with zero attached hydrogens (tertiary/aromatic N) is 3. The predicted molar refractivity (Wildman–Crippen MR) is 104 cm³/mol. The summed E-state index contributed by atoms with van der Waals surface area (Å²) in [6.45, 7) is 7.04. The first-order valence-electron chi connectivity index (χ1n) is 8.82. The Bertz CT molecular complexity index is 790. The molecule has 3 heterocycles. The van der Waals surface area contributed by atoms with Crippen molar-refractivity contribution in [3.05, 3.63) is 47.3 Å². The number of hydrogen-bond acceptors (Lipinski definition) is 3. The van der Waals surface area contributed by atoms with Crippen molar-refractivity contribution in [2.75, 3.05) is 39.8 Å². The Morgan fingerprint density at radius 2 is 1.92 bits per heavy atom. The van der Waals surface area contributed by atoms with E-state index in [2.05, 4.69) is 68.7 Å². The Balaban J connectivity index is 1.50. The van der Waals surface area contributed by atoms with E-state index in [4.69, 9.17) is 0 Å². The number of benzene rings is 1. The van der Waals surface area contributed by atoms with Crippen molar-refractivity contribution >= 4 is 22.2 Å². The molecule has 1 aliphatic rings. The average Bonchev–Trinajstić information content (AvgIpc) is 3.21. The van der Waals surface area contributed by atoms with Crippen molar-refractivity contribution in [3.8, 4) is 11.1 Å². The molecule has 1 saturated heterocycles. The number of aromatic nitrogens is 1. The minimum absolute atomic E-state index is 1.07. The molecule has 3 nitrogen and oxygen atoms in total. The van der Waals surface area contributed by atoms with Gasteiger partial charge in [-0.05, 0) is 72.0 Å². The quantitative estimate of drug-likeness (QED) is 0.711. The van der Waals surface area contributed by atoms with Crippen LogP contribution in [-0.4, -0.2) is 54.1 Å². The summed E-state index contributed by atoms with van der Waals surface area (Å²) in [6, 6.07) is 11.3. The summed E-state index contributed by atoms with van der Waals surface area (Å²) in [4.78, 5) is 5.05. The van der Waals surface area contributed by atoms with Gasteiger partial charge >= 0.3 is 0 Å². The second kappa shape index (κ2) is 7.09. The van der Waals surface area contributed by atoms with Crippen molar-refractivity contribution in [2.45, 2.75) is 13.0 Å². The van der Waals surface area contributed by atoms with E-state index in [1.807, 2.05) is 0 Å². The molecule has 2 aromatic heterocycles. The van der Waals surface area contributed by atoms with Gasteiger partial charge in [0.25, 0.3) is 0 Å². The third kappa shape index (κ3) is 3.41. The molecule has 0 N–H and O–H groups in total. The van der Waals surface area contributed by atoms with E-state index in [9.17, 15) is 0 Å². The molecule has 0 atom stereocenters. The zero-order chi connectivity index (χ0) is 16.4. The molecule has 24 heavy (non-hydrogen) atoms. The second-order valence-electron chi connectivity index (χ2n) is 6.79. The summed E-state index contributed by atoms with van der Waals surface area (Å²) in [5.74, 6) is 0. The first-order chi connectivity index (χ1) is 11.8. The van der Waals surface area contributed by atoms with Gasteiger partial charge in [0.05, 0.1) is 0 Å². The van der Waals surface area contributed by atoms with Gasteiger partial charge in [-0.2, -0.15) is 11.3 Å². The summed E-state index contributed by atoms with van der Waals surface area (Å²) in [5.41, 5.74) is 4.00. The Labute approximate surface area is 148 Å². The molecule has 0 amide bonds. The summed E-state index contributed by atoms with van der Waals surface area (Å²) >= 11 is 1.76. The molecular formula is C20H25N3S. The molecule has 126 valence electrons. The lowest BCUT2D eigenvalue weighted by Gasteiger charge is -2.20. The second-order valence-corrected chi connectivity index (χ2v) is 7.57. The van der Waals surface area contributed by atoms with Gasteiger partial charge in [-0.1, -0.05) is 12.1 Å². The smallest absolute Gasteiger partial charge is 0.0486 e. The number of hydrogen-bond donors (Lipinski definition) is 0. The van der Waals surface area contributed by atoms with Gasteiger partial charge in [0.2, 0.25) is 0 Å². The maximum absolute atomic E-state index is 2.61. The van der Waals surface area contributed by atoms with Gasteiger partial charge in [-0.3, -0.25) is 0 Å². The summed E-state index contributed by atoms with van der Waals surface area (Å²) < 4.78 is 2.42. The largest absolute Gasteiger partial charge is 0.346 e. The van der Waals surface area contributed by atoms with E-state index in [0.29, 0.717) is 0 Å². The van der Waals surface area contributed by atoms with Crippen LogP contribution in [0.25, 0.3) is 22.0 Å². The zero-order valence-electron chi connectivity index (χ0n) is 14.3. The van der Waals surface area contributed by atoms with E-state index in [0.717, 1.165) is 13.1 Å². The predicted octanol–water partition coefficient (Wildman–Crippen LogP) is 4.01. The maximum Gasteiger partial charge on any atom is 0.0486 e. The molecule has 0 radical (unpaired) electrons. The maximum atomic E-state index is 2.61. The van der Waals surface area contributed by atoms with Crippen molar-refractivity contribution in [3.63, 3.8) is 0 Å². The van der Waals surface area contributed by atoms with Gasteiger partial charge in [0.1, 0.15) is 0 Å². The monoisotopic (exact) mass is 339 g/mol. The molecule has 1 aromatic carbocycles. The van der Waals surface area contributed by atoms with Gasteiger partial charge in [0.15, 0.2) is 0 Å². The molecule has 0 unspecified atom stereocenters. The van der Waals surface area contributed by atoms with Crippen LogP contribution in [-0.2, 0) is 6.54 Å². The van der Waals surface area contributed by atoms with Crippen molar-refractivity contribution in [1.82, 2.24) is 14.4 Å². The Morgan fingerprint density at radius 3 is 2.79 bits per heavy atom. The van der Waals surface area contributed by atoms with Crippen LogP contribution in [0.5, 0.6) is 0 Å². The lowest BCUT2D eigenvalue weighted by Crippen LogP contribution is -2.31. The molecule has 0 spiro atoms. The average molecular weight is 340 g/mol. The first kappa shape index (κ1) is 15.9. The number of fused-ring (bicyclic) bond motifs is 1. The van der Waals surface area contributed by atoms with E-state index in [-0.39, 0.29) is 0 Å². The standard InChI is InChI=1S/C20H25N3S/c1-21-7-2-8-22(11-10-21)12-13-23-9-5-17-3-4-18(15-20(17)23)19-6-14-24-16-19/h3-6,9,14-16H,2,7-8,10-13H2,1H3. The first-order valence-corrected chi connectivity index (χ1v) is 9.76. The highest BCUT2D eigenvalue weighted by Crippen LogP contribution is 2.26. The van der Waals surface area contributed by atoms with Crippen molar-refractivity contribution < 1.29 is 0 Å². The third-order valence-electron chi connectivity index (χ3n) is 5.10. The topological polar surface area (TPSA) is 11.4 Å². The normalized spacial score (nSPS) is 17.4. The summed E-state index contributed by atoms with van der Waals surface area (Å²) in [5, 5.41) is 5.71. The molecule has 0 saturated carbocycles. The van der Waals surface area contributed by atoms with E-state index >= 15 is 0 Å². The Morgan fingerprint density at radius 1 is 0.958 bits per heavy atom. The van der Waals surface area contributed by atoms with Crippen LogP contribution in [0.4, 0.5) is 0 Å². The molecule has 4 rings (SSSR count). The van der Waals surface area contributed by atoms with Gasteiger partial charge < -0.3 is 14.4 Å². The van der Waals surface area contributed by atoms with Crippen LogP contribution in [0.15, 0.2) is 47.3 Å². The minimum Gasteiger partial charge on any atom is -0.346 e. The molecule has 0 aliphatic carbocycles. The fourth-order valence-electron chi connectivity index (χ4n) is 3.56. The minimum atomic E-state index is 1.07. The van der Waals surface area contributed by atoms with Gasteiger partial charge in [-0.15, -0.1) is 0 Å². The van der Waals surface area contributed by atoms with E-state index in [1.54, 1.807) is 11.3 Å². The Kier molecular flexibility index (Phi) is 4.69. The lowest BCUT2D eigenvalue weighted by molar-refractivity contribution is 0.268. The van der Waals surface area contributed by atoms with Crippen LogP contribution < -0.4 is 0 Å². The Hall–Kier alpha value is -1.62. The van der Waals surface area contributed by atoms with E-state index in [1.165, 1.54) is 54.6 Å². The summed E-state index contributed by atoms with van der Waals surface area (Å²) in [7, 11) is 2.23. The van der Waals surface area contributed by atoms with Crippen LogP contribution in [0.3, 0.4) is 0 Å². The number of likely N-dealkylation sites (N-methyl/N-ethyl adjacent to an activating group) is 1. The molecule has 4 heteroatoms. The molecule has 0 bridgehead atoms. The van der Waals surface area contributed by atoms with Crippen LogP contribution in [0, 0.1) is 0 Å². The highest BCUT2D eigenvalue weighted by atomic mass is 32.1. The lowest BCUT2D eigenvalue weighted by atomic mass is 10.1. The van der Waals surface area contributed by atoms with Crippen LogP contribution in [0.2, 0.25) is 0 Å². The van der Waals surface area contributed by atoms with Crippen molar-refractivity contribution in [2.24, 2.45) is 0 Å². The van der Waals surface area contributed by atoms with Crippen LogP contribution in [0.1, 0.15) is 6.42 Å². The van der Waals surface area contributed by atoms with Crippen LogP contribution >= 0.6 is 11.3 Å². The zero-order valence-corrected chi connectivity index (χ0v) is 15.1.